The Kier molecular flexibility index (Phi) is 6.34. The molecule has 5 heteroatoms. The van der Waals surface area contributed by atoms with Gasteiger partial charge in [0, 0.05) is 43.2 Å². The predicted molar refractivity (Wildman–Crippen MR) is 119 cm³/mol. The Morgan fingerprint density at radius 1 is 0.786 bits per heavy atom. The summed E-state index contributed by atoms with van der Waals surface area (Å²) in [5.41, 5.74) is 8.64. The average Bonchev–Trinajstić information content (AvgIpc) is 2.77. The van der Waals surface area contributed by atoms with Gasteiger partial charge in [-0.25, -0.2) is 5.01 Å². The van der Waals surface area contributed by atoms with Gasteiger partial charge in [0.15, 0.2) is 0 Å². The van der Waals surface area contributed by atoms with Crippen molar-refractivity contribution in [2.75, 3.05) is 49.3 Å². The maximum absolute atomic E-state index is 3.67. The first-order valence-electron chi connectivity index (χ1n) is 10.7. The van der Waals surface area contributed by atoms with Crippen molar-refractivity contribution in [1.29, 1.82) is 0 Å². The van der Waals surface area contributed by atoms with Crippen molar-refractivity contribution in [2.24, 2.45) is 0 Å². The van der Waals surface area contributed by atoms with Crippen LogP contribution in [0.3, 0.4) is 0 Å². The fraction of sp³-hybridized carbons (Fsp3) is 0.478. The first-order chi connectivity index (χ1) is 13.8. The number of rotatable bonds is 6. The summed E-state index contributed by atoms with van der Waals surface area (Å²) in [5, 5.41) is 12.6. The van der Waals surface area contributed by atoms with Crippen LogP contribution in [0.2, 0.25) is 0 Å². The summed E-state index contributed by atoms with van der Waals surface area (Å²) in [6.45, 7) is 4.41. The molecule has 2 saturated heterocycles. The molecule has 2 aliphatic rings. The van der Waals surface area contributed by atoms with Gasteiger partial charge in [-0.1, -0.05) is 12.1 Å². The van der Waals surface area contributed by atoms with E-state index in [0.717, 1.165) is 50.6 Å². The van der Waals surface area contributed by atoms with Crippen LogP contribution in [-0.2, 0) is 0 Å². The fourth-order valence-corrected chi connectivity index (χ4v) is 4.27. The zero-order chi connectivity index (χ0) is 19.2. The molecule has 2 aromatic rings. The molecule has 150 valence electrons. The lowest BCUT2D eigenvalue weighted by Gasteiger charge is -2.33. The summed E-state index contributed by atoms with van der Waals surface area (Å²) in [7, 11) is 1.95. The zero-order valence-corrected chi connectivity index (χ0v) is 16.9. The standard InChI is InChI=1S/C23H33N5/c1-24-20-6-8-21(9-7-20)26-22-12-16-28(17-13-22)27-23-4-2-18(3-5-23)19-10-14-25-15-11-19/h2-9,19,22,24-27H,10-17H2,1H3. The molecule has 0 saturated carbocycles. The molecule has 4 N–H and O–H groups in total. The number of anilines is 3. The van der Waals surface area contributed by atoms with Crippen molar-refractivity contribution in [3.8, 4) is 0 Å². The van der Waals surface area contributed by atoms with Gasteiger partial charge in [0.25, 0.3) is 0 Å². The van der Waals surface area contributed by atoms with E-state index in [9.17, 15) is 0 Å². The predicted octanol–water partition coefficient (Wildman–Crippen LogP) is 4.10. The number of hydrogen-bond donors (Lipinski definition) is 4. The van der Waals surface area contributed by atoms with Crippen LogP contribution in [0, 0.1) is 0 Å². The van der Waals surface area contributed by atoms with Crippen LogP contribution in [0.15, 0.2) is 48.5 Å². The molecule has 0 spiro atoms. The molecule has 0 unspecified atom stereocenters. The van der Waals surface area contributed by atoms with E-state index in [4.69, 9.17) is 0 Å². The minimum Gasteiger partial charge on any atom is -0.388 e. The smallest absolute Gasteiger partial charge is 0.0490 e. The molecule has 0 amide bonds. The van der Waals surface area contributed by atoms with Gasteiger partial charge in [0.2, 0.25) is 0 Å². The largest absolute Gasteiger partial charge is 0.388 e. The first-order valence-corrected chi connectivity index (χ1v) is 10.7. The number of piperidine rings is 2. The third-order valence-corrected chi connectivity index (χ3v) is 6.05. The van der Waals surface area contributed by atoms with Crippen LogP contribution in [0.5, 0.6) is 0 Å². The van der Waals surface area contributed by atoms with Crippen LogP contribution < -0.4 is 21.4 Å². The van der Waals surface area contributed by atoms with Gasteiger partial charge in [-0.05, 0) is 86.7 Å². The number of nitrogens with one attached hydrogen (secondary N) is 4. The van der Waals surface area contributed by atoms with Gasteiger partial charge in [-0.15, -0.1) is 0 Å². The summed E-state index contributed by atoms with van der Waals surface area (Å²) in [6.07, 6.45) is 4.80. The van der Waals surface area contributed by atoms with Crippen LogP contribution in [0.25, 0.3) is 0 Å². The second kappa shape index (κ2) is 9.30. The number of hydrazine groups is 1. The van der Waals surface area contributed by atoms with E-state index >= 15 is 0 Å². The Hall–Kier alpha value is -2.24. The second-order valence-corrected chi connectivity index (χ2v) is 7.99. The normalized spacial score (nSPS) is 19.3. The monoisotopic (exact) mass is 379 g/mol. The highest BCUT2D eigenvalue weighted by atomic mass is 15.5. The van der Waals surface area contributed by atoms with Gasteiger partial charge < -0.3 is 21.4 Å². The van der Waals surface area contributed by atoms with Crippen LogP contribution in [0.4, 0.5) is 17.1 Å². The molecule has 0 aromatic heterocycles. The molecule has 28 heavy (non-hydrogen) atoms. The molecule has 0 radical (unpaired) electrons. The van der Waals surface area contributed by atoms with Gasteiger partial charge in [-0.3, -0.25) is 0 Å². The van der Waals surface area contributed by atoms with Crippen molar-refractivity contribution in [1.82, 2.24) is 10.3 Å². The van der Waals surface area contributed by atoms with E-state index in [1.54, 1.807) is 0 Å². The molecular formula is C23H33N5. The van der Waals surface area contributed by atoms with Crippen molar-refractivity contribution >= 4 is 17.1 Å². The van der Waals surface area contributed by atoms with Crippen molar-refractivity contribution in [2.45, 2.75) is 37.6 Å². The third-order valence-electron chi connectivity index (χ3n) is 6.05. The van der Waals surface area contributed by atoms with Crippen molar-refractivity contribution < 1.29 is 0 Å². The van der Waals surface area contributed by atoms with Crippen LogP contribution in [-0.4, -0.2) is 44.3 Å². The van der Waals surface area contributed by atoms with Gasteiger partial charge in [-0.2, -0.15) is 0 Å². The third kappa shape index (κ3) is 4.97. The summed E-state index contributed by atoms with van der Waals surface area (Å²) in [4.78, 5) is 0. The van der Waals surface area contributed by atoms with E-state index in [2.05, 4.69) is 74.9 Å². The summed E-state index contributed by atoms with van der Waals surface area (Å²) < 4.78 is 0. The molecule has 0 aliphatic carbocycles. The molecule has 0 bridgehead atoms. The maximum Gasteiger partial charge on any atom is 0.0490 e. The molecule has 2 fully saturated rings. The number of nitrogens with zero attached hydrogens (tertiary/aromatic N) is 1. The summed E-state index contributed by atoms with van der Waals surface area (Å²) in [6, 6.07) is 18.2. The molecule has 2 aromatic carbocycles. The Balaban J connectivity index is 1.23. The minimum atomic E-state index is 0.542. The van der Waals surface area contributed by atoms with Crippen molar-refractivity contribution in [3.63, 3.8) is 0 Å². The zero-order valence-electron chi connectivity index (χ0n) is 16.9. The van der Waals surface area contributed by atoms with Gasteiger partial charge >= 0.3 is 0 Å². The van der Waals surface area contributed by atoms with Crippen LogP contribution >= 0.6 is 0 Å². The lowest BCUT2D eigenvalue weighted by Crippen LogP contribution is -2.42. The maximum atomic E-state index is 3.67. The van der Waals surface area contributed by atoms with Gasteiger partial charge in [0.05, 0.1) is 0 Å². The van der Waals surface area contributed by atoms with Gasteiger partial charge in [0.1, 0.15) is 0 Å². The Morgan fingerprint density at radius 3 is 2.04 bits per heavy atom. The Labute approximate surface area is 168 Å². The number of hydrogen-bond acceptors (Lipinski definition) is 5. The number of benzene rings is 2. The lowest BCUT2D eigenvalue weighted by molar-refractivity contribution is 0.260. The van der Waals surface area contributed by atoms with Crippen molar-refractivity contribution in [3.05, 3.63) is 54.1 Å². The average molecular weight is 380 g/mol. The fourth-order valence-electron chi connectivity index (χ4n) is 4.27. The minimum absolute atomic E-state index is 0.542. The summed E-state index contributed by atoms with van der Waals surface area (Å²) in [5.74, 6) is 0.722. The first kappa shape index (κ1) is 19.1. The van der Waals surface area contributed by atoms with E-state index < -0.39 is 0 Å². The van der Waals surface area contributed by atoms with E-state index in [-0.39, 0.29) is 0 Å². The molecule has 2 aliphatic heterocycles. The Bertz CT molecular complexity index is 714. The van der Waals surface area contributed by atoms with E-state index in [1.165, 1.54) is 29.8 Å². The molecular weight excluding hydrogens is 346 g/mol. The molecule has 2 heterocycles. The topological polar surface area (TPSA) is 51.4 Å². The highest BCUT2D eigenvalue weighted by Gasteiger charge is 2.19. The van der Waals surface area contributed by atoms with E-state index in [0.29, 0.717) is 6.04 Å². The quantitative estimate of drug-likeness (QED) is 0.609. The Morgan fingerprint density at radius 2 is 1.39 bits per heavy atom. The van der Waals surface area contributed by atoms with E-state index in [1.807, 2.05) is 7.05 Å². The second-order valence-electron chi connectivity index (χ2n) is 7.99. The highest BCUT2D eigenvalue weighted by Crippen LogP contribution is 2.26. The molecule has 5 nitrogen and oxygen atoms in total. The molecule has 4 rings (SSSR count). The summed E-state index contributed by atoms with van der Waals surface area (Å²) >= 11 is 0. The molecule has 0 atom stereocenters. The van der Waals surface area contributed by atoms with Crippen LogP contribution in [0.1, 0.15) is 37.2 Å². The SMILES string of the molecule is CNc1ccc(NC2CCN(Nc3ccc(C4CCNCC4)cc3)CC2)cc1. The highest BCUT2D eigenvalue weighted by molar-refractivity contribution is 5.53. The lowest BCUT2D eigenvalue weighted by atomic mass is 9.90.